The van der Waals surface area contributed by atoms with Gasteiger partial charge in [-0.25, -0.2) is 0 Å². The number of halogens is 2. The van der Waals surface area contributed by atoms with Crippen molar-refractivity contribution >= 4 is 0 Å². The van der Waals surface area contributed by atoms with Crippen molar-refractivity contribution in [1.82, 2.24) is 0 Å². The van der Waals surface area contributed by atoms with E-state index in [0.717, 1.165) is 0 Å². The molecule has 1 heterocycles. The molecule has 1 aliphatic heterocycles. The van der Waals surface area contributed by atoms with Gasteiger partial charge in [0.25, 0.3) is 5.92 Å². The van der Waals surface area contributed by atoms with Crippen LogP contribution in [0.2, 0.25) is 0 Å². The van der Waals surface area contributed by atoms with Gasteiger partial charge in [0, 0.05) is 11.6 Å². The Morgan fingerprint density at radius 1 is 1.50 bits per heavy atom. The Bertz CT molecular complexity index is 406. The van der Waals surface area contributed by atoms with E-state index in [1.165, 1.54) is 12.1 Å². The van der Waals surface area contributed by atoms with Gasteiger partial charge in [-0.05, 0) is 18.6 Å². The molecule has 1 saturated heterocycles. The lowest BCUT2D eigenvalue weighted by Crippen LogP contribution is -2.38. The molecule has 0 radical (unpaired) electrons. The zero-order valence-corrected chi connectivity index (χ0v) is 10.2. The zero-order valence-electron chi connectivity index (χ0n) is 10.2. The molecule has 0 amide bonds. The Morgan fingerprint density at radius 3 is 2.78 bits per heavy atom. The maximum Gasteiger partial charge on any atom is 0.296 e. The molecule has 0 unspecified atom stereocenters. The van der Waals surface area contributed by atoms with Crippen LogP contribution in [-0.4, -0.2) is 25.9 Å². The van der Waals surface area contributed by atoms with E-state index in [9.17, 15) is 8.78 Å². The van der Waals surface area contributed by atoms with E-state index in [-0.39, 0.29) is 17.7 Å². The van der Waals surface area contributed by atoms with Crippen molar-refractivity contribution in [2.45, 2.75) is 25.0 Å². The van der Waals surface area contributed by atoms with E-state index in [1.54, 1.807) is 19.1 Å². The third kappa shape index (κ3) is 3.04. The number of ether oxygens (including phenoxy) is 2. The van der Waals surface area contributed by atoms with E-state index in [1.807, 2.05) is 0 Å². The molecule has 1 aliphatic rings. The number of nitrogens with two attached hydrogens (primary N) is 1. The van der Waals surface area contributed by atoms with Gasteiger partial charge in [-0.2, -0.15) is 8.78 Å². The fourth-order valence-corrected chi connectivity index (χ4v) is 1.67. The summed E-state index contributed by atoms with van der Waals surface area (Å²) < 4.78 is 37.8. The predicted octanol–water partition coefficient (Wildman–Crippen LogP) is 2.21. The molecule has 2 N–H and O–H groups in total. The van der Waals surface area contributed by atoms with Gasteiger partial charge < -0.3 is 15.2 Å². The lowest BCUT2D eigenvalue weighted by Gasteiger charge is -2.28. The maximum absolute atomic E-state index is 13.9. The summed E-state index contributed by atoms with van der Waals surface area (Å²) >= 11 is 0. The summed E-state index contributed by atoms with van der Waals surface area (Å²) in [6.45, 7) is 1.94. The second-order valence-corrected chi connectivity index (χ2v) is 4.59. The molecule has 0 spiro atoms. The van der Waals surface area contributed by atoms with E-state index in [4.69, 9.17) is 15.2 Å². The number of benzene rings is 1. The topological polar surface area (TPSA) is 44.5 Å². The van der Waals surface area contributed by atoms with Gasteiger partial charge in [-0.1, -0.05) is 18.2 Å². The van der Waals surface area contributed by atoms with Crippen LogP contribution >= 0.6 is 0 Å². The third-order valence-electron chi connectivity index (χ3n) is 2.94. The van der Waals surface area contributed by atoms with Crippen LogP contribution in [0.5, 0.6) is 0 Å². The van der Waals surface area contributed by atoms with Crippen molar-refractivity contribution in [1.29, 1.82) is 0 Å². The van der Waals surface area contributed by atoms with Crippen LogP contribution in [0, 0.1) is 0 Å². The van der Waals surface area contributed by atoms with Crippen molar-refractivity contribution in [3.63, 3.8) is 0 Å². The molecule has 0 saturated carbocycles. The van der Waals surface area contributed by atoms with E-state index in [2.05, 4.69) is 0 Å². The van der Waals surface area contributed by atoms with E-state index in [0.29, 0.717) is 18.8 Å². The summed E-state index contributed by atoms with van der Waals surface area (Å²) in [5, 5.41) is 0. The molecule has 100 valence electrons. The number of alkyl halides is 2. The van der Waals surface area contributed by atoms with Crippen molar-refractivity contribution < 1.29 is 18.3 Å². The first-order valence-electron chi connectivity index (χ1n) is 5.92. The molecule has 1 fully saturated rings. The van der Waals surface area contributed by atoms with Gasteiger partial charge in [0.05, 0.1) is 13.2 Å². The van der Waals surface area contributed by atoms with E-state index < -0.39 is 12.5 Å². The molecule has 0 aliphatic carbocycles. The highest BCUT2D eigenvalue weighted by Gasteiger charge is 2.34. The summed E-state index contributed by atoms with van der Waals surface area (Å²) in [6, 6.07) is 5.90. The lowest BCUT2D eigenvalue weighted by atomic mass is 10.0. The van der Waals surface area contributed by atoms with Crippen molar-refractivity contribution in [2.75, 3.05) is 19.8 Å². The van der Waals surface area contributed by atoms with Gasteiger partial charge in [0.15, 0.2) is 0 Å². The van der Waals surface area contributed by atoms with Crippen molar-refractivity contribution in [2.24, 2.45) is 5.73 Å². The van der Waals surface area contributed by atoms with Crippen molar-refractivity contribution in [3.8, 4) is 0 Å². The Labute approximate surface area is 105 Å². The highest BCUT2D eigenvalue weighted by atomic mass is 19.3. The van der Waals surface area contributed by atoms with Crippen LogP contribution in [0.3, 0.4) is 0 Å². The molecule has 1 atom stereocenters. The molecule has 0 bridgehead atoms. The molecule has 18 heavy (non-hydrogen) atoms. The van der Waals surface area contributed by atoms with Crippen LogP contribution in [0.4, 0.5) is 8.78 Å². The van der Waals surface area contributed by atoms with Crippen molar-refractivity contribution in [3.05, 3.63) is 35.4 Å². The first-order valence-corrected chi connectivity index (χ1v) is 5.92. The first-order chi connectivity index (χ1) is 8.49. The molecular weight excluding hydrogens is 240 g/mol. The molecule has 1 aromatic rings. The normalized spacial score (nSPS) is 18.4. The fourth-order valence-electron chi connectivity index (χ4n) is 1.67. The van der Waals surface area contributed by atoms with Crippen LogP contribution in [0.25, 0.3) is 0 Å². The Hall–Kier alpha value is -1.04. The predicted molar refractivity (Wildman–Crippen MR) is 63.5 cm³/mol. The van der Waals surface area contributed by atoms with Crippen LogP contribution in [0.15, 0.2) is 24.3 Å². The first kappa shape index (κ1) is 13.4. The van der Waals surface area contributed by atoms with Crippen LogP contribution in [0.1, 0.15) is 24.1 Å². The van der Waals surface area contributed by atoms with Gasteiger partial charge in [0.2, 0.25) is 0 Å². The Balaban J connectivity index is 2.04. The quantitative estimate of drug-likeness (QED) is 0.879. The number of hydrogen-bond donors (Lipinski definition) is 1. The monoisotopic (exact) mass is 257 g/mol. The second kappa shape index (κ2) is 5.30. The summed E-state index contributed by atoms with van der Waals surface area (Å²) in [5.74, 6) is -3.00. The van der Waals surface area contributed by atoms with Gasteiger partial charge in [-0.15, -0.1) is 0 Å². The number of rotatable bonds is 5. The van der Waals surface area contributed by atoms with Gasteiger partial charge >= 0.3 is 0 Å². The minimum Gasteiger partial charge on any atom is -0.376 e. The van der Waals surface area contributed by atoms with Crippen LogP contribution in [-0.2, 0) is 15.4 Å². The minimum absolute atomic E-state index is 0.0578. The summed E-state index contributed by atoms with van der Waals surface area (Å²) in [4.78, 5) is 0. The largest absolute Gasteiger partial charge is 0.376 e. The molecule has 1 aromatic carbocycles. The summed E-state index contributed by atoms with van der Waals surface area (Å²) in [5.41, 5.74) is 6.32. The highest BCUT2D eigenvalue weighted by Crippen LogP contribution is 2.30. The standard InChI is InChI=1S/C13H17F2NO2/c1-9(16)10-3-2-4-11(5-10)13(14,15)8-18-12-6-17-7-12/h2-5,9,12H,6-8,16H2,1H3/t9-/m1/s1. The summed E-state index contributed by atoms with van der Waals surface area (Å²) in [7, 11) is 0. The Kier molecular flexibility index (Phi) is 3.94. The average Bonchev–Trinajstić information content (AvgIpc) is 2.27. The minimum atomic E-state index is -3.00. The average molecular weight is 257 g/mol. The molecular formula is C13H17F2NO2. The number of hydrogen-bond acceptors (Lipinski definition) is 3. The third-order valence-corrected chi connectivity index (χ3v) is 2.94. The second-order valence-electron chi connectivity index (χ2n) is 4.59. The van der Waals surface area contributed by atoms with E-state index >= 15 is 0 Å². The lowest BCUT2D eigenvalue weighted by molar-refractivity contribution is -0.175. The molecule has 5 heteroatoms. The zero-order chi connectivity index (χ0) is 13.2. The highest BCUT2D eigenvalue weighted by molar-refractivity contribution is 5.28. The van der Waals surface area contributed by atoms with Crippen LogP contribution < -0.4 is 5.73 Å². The molecule has 0 aromatic heterocycles. The molecule has 3 nitrogen and oxygen atoms in total. The maximum atomic E-state index is 13.9. The summed E-state index contributed by atoms with van der Waals surface area (Å²) in [6.07, 6.45) is -0.201. The van der Waals surface area contributed by atoms with Gasteiger partial charge in [0.1, 0.15) is 12.7 Å². The fraction of sp³-hybridized carbons (Fsp3) is 0.538. The smallest absolute Gasteiger partial charge is 0.296 e. The van der Waals surface area contributed by atoms with Gasteiger partial charge in [-0.3, -0.25) is 0 Å². The molecule has 2 rings (SSSR count). The SMILES string of the molecule is C[C@@H](N)c1cccc(C(F)(F)COC2COC2)c1. The Morgan fingerprint density at radius 2 is 2.22 bits per heavy atom.